The summed E-state index contributed by atoms with van der Waals surface area (Å²) in [5.74, 6) is -0.145. The molecule has 0 atom stereocenters. The Labute approximate surface area is 64.8 Å². The quantitative estimate of drug-likeness (QED) is 0.316. The van der Waals surface area contributed by atoms with Crippen LogP contribution in [0.3, 0.4) is 0 Å². The lowest BCUT2D eigenvalue weighted by Gasteiger charge is -2.25. The van der Waals surface area contributed by atoms with Crippen LogP contribution < -0.4 is 0 Å². The number of rotatable bonds is 0. The van der Waals surface area contributed by atoms with Gasteiger partial charge in [-0.2, -0.15) is 25.3 Å². The van der Waals surface area contributed by atoms with Gasteiger partial charge in [0, 0.05) is 6.42 Å². The monoisotopic (exact) mass is 164 g/mol. The van der Waals surface area contributed by atoms with Gasteiger partial charge >= 0.3 is 5.97 Å². The molecular weight excluding hydrogens is 156 g/mol. The summed E-state index contributed by atoms with van der Waals surface area (Å²) in [4.78, 5) is 10.5. The fraction of sp³-hybridized carbons (Fsp3) is 0.800. The van der Waals surface area contributed by atoms with Crippen LogP contribution in [0, 0.1) is 0 Å². The summed E-state index contributed by atoms with van der Waals surface area (Å²) in [6.45, 7) is 0.318. The van der Waals surface area contributed by atoms with Crippen LogP contribution in [-0.2, 0) is 9.53 Å². The van der Waals surface area contributed by atoms with E-state index in [1.807, 2.05) is 0 Å². The predicted molar refractivity (Wildman–Crippen MR) is 40.9 cm³/mol. The lowest BCUT2D eigenvalue weighted by Crippen LogP contribution is -2.30. The maximum absolute atomic E-state index is 10.5. The number of hydrogen-bond donors (Lipinski definition) is 2. The van der Waals surface area contributed by atoms with E-state index in [1.165, 1.54) is 0 Å². The van der Waals surface area contributed by atoms with Gasteiger partial charge in [-0.05, 0) is 6.42 Å². The highest BCUT2D eigenvalue weighted by atomic mass is 32.2. The van der Waals surface area contributed by atoms with Crippen molar-refractivity contribution in [3.63, 3.8) is 0 Å². The second kappa shape index (κ2) is 2.42. The number of cyclic esters (lactones) is 1. The molecule has 1 aliphatic heterocycles. The van der Waals surface area contributed by atoms with E-state index < -0.39 is 4.08 Å². The Morgan fingerprint density at radius 1 is 1.56 bits per heavy atom. The van der Waals surface area contributed by atoms with Crippen molar-refractivity contribution in [2.45, 2.75) is 16.9 Å². The molecule has 4 heteroatoms. The molecule has 1 aliphatic rings. The van der Waals surface area contributed by atoms with Gasteiger partial charge in [0.2, 0.25) is 0 Å². The van der Waals surface area contributed by atoms with Crippen molar-refractivity contribution < 1.29 is 9.53 Å². The topological polar surface area (TPSA) is 26.3 Å². The van der Waals surface area contributed by atoms with Crippen molar-refractivity contribution >= 4 is 31.2 Å². The molecule has 0 N–H and O–H groups in total. The van der Waals surface area contributed by atoms with Crippen LogP contribution in [0.25, 0.3) is 0 Å². The zero-order chi connectivity index (χ0) is 6.91. The average molecular weight is 164 g/mol. The predicted octanol–water partition coefficient (Wildman–Crippen LogP) is 0.879. The Bertz CT molecular complexity index is 121. The van der Waals surface area contributed by atoms with Crippen LogP contribution in [0.4, 0.5) is 0 Å². The van der Waals surface area contributed by atoms with Crippen molar-refractivity contribution in [2.75, 3.05) is 6.61 Å². The molecule has 1 saturated heterocycles. The van der Waals surface area contributed by atoms with E-state index in [9.17, 15) is 4.79 Å². The SMILES string of the molecule is O=C1CCC(S)(S)CO1. The number of ether oxygens (including phenoxy) is 1. The highest BCUT2D eigenvalue weighted by molar-refractivity contribution is 8.00. The largest absolute Gasteiger partial charge is 0.463 e. The first-order valence-electron chi connectivity index (χ1n) is 2.70. The molecule has 0 aromatic rings. The molecule has 0 amide bonds. The number of esters is 1. The van der Waals surface area contributed by atoms with Gasteiger partial charge in [0.1, 0.15) is 6.61 Å². The van der Waals surface area contributed by atoms with Gasteiger partial charge in [0.05, 0.1) is 4.08 Å². The Morgan fingerprint density at radius 2 is 2.22 bits per heavy atom. The molecule has 0 radical (unpaired) electrons. The van der Waals surface area contributed by atoms with Crippen molar-refractivity contribution in [1.29, 1.82) is 0 Å². The van der Waals surface area contributed by atoms with Crippen molar-refractivity contribution in [2.24, 2.45) is 0 Å². The van der Waals surface area contributed by atoms with Gasteiger partial charge in [-0.25, -0.2) is 0 Å². The van der Waals surface area contributed by atoms with E-state index in [4.69, 9.17) is 4.74 Å². The molecule has 1 rings (SSSR count). The zero-order valence-corrected chi connectivity index (χ0v) is 6.62. The van der Waals surface area contributed by atoms with Gasteiger partial charge in [-0.3, -0.25) is 4.79 Å². The van der Waals surface area contributed by atoms with Gasteiger partial charge in [0.15, 0.2) is 0 Å². The molecule has 0 unspecified atom stereocenters. The second-order valence-corrected chi connectivity index (χ2v) is 4.21. The van der Waals surface area contributed by atoms with Gasteiger partial charge in [0.25, 0.3) is 0 Å². The fourth-order valence-electron chi connectivity index (χ4n) is 0.643. The Kier molecular flexibility index (Phi) is 1.96. The number of thiol groups is 2. The van der Waals surface area contributed by atoms with Crippen LogP contribution in [0.1, 0.15) is 12.8 Å². The normalized spacial score (nSPS) is 25.3. The minimum absolute atomic E-state index is 0.145. The third-order valence-corrected chi connectivity index (χ3v) is 1.90. The molecule has 2 nitrogen and oxygen atoms in total. The Hall–Kier alpha value is 0.170. The van der Waals surface area contributed by atoms with Crippen molar-refractivity contribution in [3.8, 4) is 0 Å². The summed E-state index contributed by atoms with van der Waals surface area (Å²) < 4.78 is 4.31. The highest BCUT2D eigenvalue weighted by Crippen LogP contribution is 2.29. The lowest BCUT2D eigenvalue weighted by molar-refractivity contribution is -0.146. The van der Waals surface area contributed by atoms with E-state index in [0.717, 1.165) is 0 Å². The van der Waals surface area contributed by atoms with E-state index in [0.29, 0.717) is 19.4 Å². The molecule has 1 fully saturated rings. The first kappa shape index (κ1) is 7.28. The fourth-order valence-corrected chi connectivity index (χ4v) is 0.995. The van der Waals surface area contributed by atoms with E-state index in [1.54, 1.807) is 0 Å². The standard InChI is InChI=1S/C5H8O2S2/c6-4-1-2-5(8,9)3-7-4/h8-9H,1-3H2. The lowest BCUT2D eigenvalue weighted by atomic mass is 10.2. The van der Waals surface area contributed by atoms with Crippen molar-refractivity contribution in [3.05, 3.63) is 0 Å². The summed E-state index contributed by atoms with van der Waals surface area (Å²) in [7, 11) is 0. The molecule has 9 heavy (non-hydrogen) atoms. The smallest absolute Gasteiger partial charge is 0.305 e. The zero-order valence-electron chi connectivity index (χ0n) is 4.83. The molecule has 52 valence electrons. The summed E-state index contributed by atoms with van der Waals surface area (Å²) in [5.41, 5.74) is 0. The maximum Gasteiger partial charge on any atom is 0.305 e. The maximum atomic E-state index is 10.5. The minimum Gasteiger partial charge on any atom is -0.463 e. The first-order valence-corrected chi connectivity index (χ1v) is 3.60. The minimum atomic E-state index is -0.395. The number of carbonyl (C=O) groups is 1. The van der Waals surface area contributed by atoms with E-state index in [-0.39, 0.29) is 5.97 Å². The van der Waals surface area contributed by atoms with Crippen LogP contribution in [0.15, 0.2) is 0 Å². The number of hydrogen-bond acceptors (Lipinski definition) is 4. The van der Waals surface area contributed by atoms with Crippen molar-refractivity contribution in [1.82, 2.24) is 0 Å². The summed E-state index contributed by atoms with van der Waals surface area (Å²) in [6, 6.07) is 0. The molecule has 0 aromatic carbocycles. The van der Waals surface area contributed by atoms with Crippen LogP contribution in [-0.4, -0.2) is 16.7 Å². The Balaban J connectivity index is 2.44. The highest BCUT2D eigenvalue weighted by Gasteiger charge is 2.28. The summed E-state index contributed by atoms with van der Waals surface area (Å²) in [5, 5.41) is 0. The van der Waals surface area contributed by atoms with Crippen LogP contribution in [0.2, 0.25) is 0 Å². The third kappa shape index (κ3) is 2.10. The summed E-state index contributed by atoms with van der Waals surface area (Å²) in [6.07, 6.45) is 1.13. The molecule has 0 saturated carbocycles. The molecule has 0 aliphatic carbocycles. The van der Waals surface area contributed by atoms with E-state index >= 15 is 0 Å². The number of carbonyl (C=O) groups excluding carboxylic acids is 1. The van der Waals surface area contributed by atoms with Gasteiger partial charge in [-0.1, -0.05) is 0 Å². The molecule has 0 aromatic heterocycles. The second-order valence-electron chi connectivity index (χ2n) is 2.14. The molecule has 0 bridgehead atoms. The van der Waals surface area contributed by atoms with Crippen LogP contribution >= 0.6 is 25.3 Å². The summed E-state index contributed by atoms with van der Waals surface area (Å²) >= 11 is 8.29. The average Bonchev–Trinajstić information content (AvgIpc) is 1.78. The van der Waals surface area contributed by atoms with Gasteiger partial charge < -0.3 is 4.74 Å². The molecule has 1 heterocycles. The van der Waals surface area contributed by atoms with Gasteiger partial charge in [-0.15, -0.1) is 0 Å². The van der Waals surface area contributed by atoms with Crippen LogP contribution in [0.5, 0.6) is 0 Å². The first-order chi connectivity index (χ1) is 4.10. The third-order valence-electron chi connectivity index (χ3n) is 1.19. The van der Waals surface area contributed by atoms with E-state index in [2.05, 4.69) is 25.3 Å². The molecule has 0 spiro atoms. The Morgan fingerprint density at radius 3 is 2.56 bits per heavy atom. The molecular formula is C5H8O2S2.